The van der Waals surface area contributed by atoms with Gasteiger partial charge in [0.25, 0.3) is 0 Å². The maximum absolute atomic E-state index is 6.34. The number of ether oxygens (including phenoxy) is 2. The predicted molar refractivity (Wildman–Crippen MR) is 81.4 cm³/mol. The monoisotopic (exact) mass is 294 g/mol. The number of benzene rings is 1. The fraction of sp³-hybridized carbons (Fsp3) is 0.647. The molecule has 2 aliphatic rings. The van der Waals surface area contributed by atoms with Crippen molar-refractivity contribution in [1.82, 2.24) is 0 Å². The Morgan fingerprint density at radius 3 is 3.10 bits per heavy atom. The van der Waals surface area contributed by atoms with Crippen LogP contribution >= 0.6 is 11.6 Å². The lowest BCUT2D eigenvalue weighted by molar-refractivity contribution is -0.227. The highest BCUT2D eigenvalue weighted by atomic mass is 35.5. The standard InChI is InChI=1S/C17H23ClO2/c1-2-3-4-6-15-7-5-10-17(19-15)12-13-8-9-14(18)11-16(13)20-17/h8-9,11,15H,2-7,10,12H2,1H3. The molecular formula is C17H23ClO2. The van der Waals surface area contributed by atoms with E-state index >= 15 is 0 Å². The Hall–Kier alpha value is -0.730. The maximum Gasteiger partial charge on any atom is 0.215 e. The molecule has 0 bridgehead atoms. The molecule has 2 heterocycles. The summed E-state index contributed by atoms with van der Waals surface area (Å²) in [6.45, 7) is 2.24. The highest BCUT2D eigenvalue weighted by Crippen LogP contribution is 2.43. The van der Waals surface area contributed by atoms with Crippen LogP contribution in [-0.2, 0) is 11.2 Å². The van der Waals surface area contributed by atoms with Crippen molar-refractivity contribution in [3.05, 3.63) is 28.8 Å². The van der Waals surface area contributed by atoms with Gasteiger partial charge in [0.15, 0.2) is 0 Å². The van der Waals surface area contributed by atoms with E-state index in [-0.39, 0.29) is 0 Å². The van der Waals surface area contributed by atoms with E-state index in [0.717, 1.165) is 30.0 Å². The van der Waals surface area contributed by atoms with E-state index in [2.05, 4.69) is 13.0 Å². The predicted octanol–water partition coefficient (Wildman–Crippen LogP) is 5.12. The second kappa shape index (κ2) is 5.95. The zero-order valence-corrected chi connectivity index (χ0v) is 12.9. The summed E-state index contributed by atoms with van der Waals surface area (Å²) in [6, 6.07) is 5.91. The van der Waals surface area contributed by atoms with Gasteiger partial charge >= 0.3 is 0 Å². The fourth-order valence-electron chi connectivity index (χ4n) is 3.35. The average Bonchev–Trinajstić information content (AvgIpc) is 2.75. The molecule has 2 atom stereocenters. The van der Waals surface area contributed by atoms with Crippen LogP contribution in [0, 0.1) is 0 Å². The van der Waals surface area contributed by atoms with Gasteiger partial charge in [-0.25, -0.2) is 0 Å². The Labute approximate surface area is 126 Å². The first-order chi connectivity index (χ1) is 9.71. The van der Waals surface area contributed by atoms with Crippen LogP contribution in [-0.4, -0.2) is 11.9 Å². The van der Waals surface area contributed by atoms with Crippen molar-refractivity contribution in [1.29, 1.82) is 0 Å². The molecule has 2 nitrogen and oxygen atoms in total. The minimum absolute atomic E-state index is 0.361. The average molecular weight is 295 g/mol. The molecular weight excluding hydrogens is 272 g/mol. The molecule has 110 valence electrons. The lowest BCUT2D eigenvalue weighted by Crippen LogP contribution is -2.44. The Balaban J connectivity index is 1.65. The summed E-state index contributed by atoms with van der Waals surface area (Å²) >= 11 is 6.04. The molecule has 1 saturated heterocycles. The van der Waals surface area contributed by atoms with Crippen LogP contribution in [0.4, 0.5) is 0 Å². The van der Waals surface area contributed by atoms with E-state index in [4.69, 9.17) is 21.1 Å². The molecule has 1 fully saturated rings. The summed E-state index contributed by atoms with van der Waals surface area (Å²) < 4.78 is 12.5. The van der Waals surface area contributed by atoms with E-state index in [0.29, 0.717) is 6.10 Å². The lowest BCUT2D eigenvalue weighted by atomic mass is 9.95. The van der Waals surface area contributed by atoms with Crippen molar-refractivity contribution in [2.24, 2.45) is 0 Å². The molecule has 0 aromatic heterocycles. The van der Waals surface area contributed by atoms with Gasteiger partial charge in [-0.3, -0.25) is 0 Å². The Bertz CT molecular complexity index is 474. The summed E-state index contributed by atoms with van der Waals surface area (Å²) in [5, 5.41) is 0.733. The van der Waals surface area contributed by atoms with Crippen LogP contribution in [0.3, 0.4) is 0 Å². The Kier molecular flexibility index (Phi) is 4.23. The first kappa shape index (κ1) is 14.2. The van der Waals surface area contributed by atoms with E-state index in [1.807, 2.05) is 12.1 Å². The smallest absolute Gasteiger partial charge is 0.215 e. The Morgan fingerprint density at radius 2 is 2.25 bits per heavy atom. The lowest BCUT2D eigenvalue weighted by Gasteiger charge is -2.37. The van der Waals surface area contributed by atoms with Crippen LogP contribution in [0.2, 0.25) is 5.02 Å². The summed E-state index contributed by atoms with van der Waals surface area (Å²) in [5.41, 5.74) is 1.23. The molecule has 1 aromatic carbocycles. The van der Waals surface area contributed by atoms with Crippen molar-refractivity contribution < 1.29 is 9.47 Å². The largest absolute Gasteiger partial charge is 0.462 e. The van der Waals surface area contributed by atoms with Crippen LogP contribution < -0.4 is 4.74 Å². The zero-order valence-electron chi connectivity index (χ0n) is 12.2. The number of rotatable bonds is 4. The normalized spacial score (nSPS) is 28.4. The molecule has 1 spiro atoms. The van der Waals surface area contributed by atoms with Crippen molar-refractivity contribution in [2.75, 3.05) is 0 Å². The molecule has 2 unspecified atom stereocenters. The van der Waals surface area contributed by atoms with E-state index in [1.54, 1.807) is 0 Å². The van der Waals surface area contributed by atoms with Gasteiger partial charge in [-0.15, -0.1) is 0 Å². The van der Waals surface area contributed by atoms with Crippen LogP contribution in [0.15, 0.2) is 18.2 Å². The van der Waals surface area contributed by atoms with Gasteiger partial charge in [-0.2, -0.15) is 0 Å². The highest BCUT2D eigenvalue weighted by Gasteiger charge is 2.44. The minimum Gasteiger partial charge on any atom is -0.462 e. The first-order valence-electron chi connectivity index (χ1n) is 7.86. The molecule has 0 N–H and O–H groups in total. The summed E-state index contributed by atoms with van der Waals surface area (Å²) in [4.78, 5) is 0. The van der Waals surface area contributed by atoms with Crippen molar-refractivity contribution >= 4 is 11.6 Å². The van der Waals surface area contributed by atoms with Crippen molar-refractivity contribution in [3.63, 3.8) is 0 Å². The van der Waals surface area contributed by atoms with Gasteiger partial charge in [0.1, 0.15) is 5.75 Å². The fourth-order valence-corrected chi connectivity index (χ4v) is 3.51. The zero-order chi connectivity index (χ0) is 14.0. The van der Waals surface area contributed by atoms with Gasteiger partial charge in [-0.1, -0.05) is 43.9 Å². The van der Waals surface area contributed by atoms with Gasteiger partial charge in [0.05, 0.1) is 6.10 Å². The third kappa shape index (κ3) is 2.96. The maximum atomic E-state index is 6.34. The van der Waals surface area contributed by atoms with Gasteiger partial charge in [-0.05, 0) is 31.4 Å². The third-order valence-corrected chi connectivity index (χ3v) is 4.61. The van der Waals surface area contributed by atoms with Crippen molar-refractivity contribution in [2.45, 2.75) is 70.2 Å². The summed E-state index contributed by atoms with van der Waals surface area (Å²) in [5.74, 6) is 0.494. The van der Waals surface area contributed by atoms with Crippen LogP contribution in [0.1, 0.15) is 57.4 Å². The van der Waals surface area contributed by atoms with Crippen LogP contribution in [0.25, 0.3) is 0 Å². The quantitative estimate of drug-likeness (QED) is 0.718. The van der Waals surface area contributed by atoms with Gasteiger partial charge < -0.3 is 9.47 Å². The molecule has 3 rings (SSSR count). The molecule has 20 heavy (non-hydrogen) atoms. The number of unbranched alkanes of at least 4 members (excludes halogenated alkanes) is 2. The molecule has 2 aliphatic heterocycles. The highest BCUT2D eigenvalue weighted by molar-refractivity contribution is 6.30. The molecule has 1 aromatic rings. The van der Waals surface area contributed by atoms with E-state index in [9.17, 15) is 0 Å². The first-order valence-corrected chi connectivity index (χ1v) is 8.24. The van der Waals surface area contributed by atoms with E-state index in [1.165, 1.54) is 37.7 Å². The summed E-state index contributed by atoms with van der Waals surface area (Å²) in [6.07, 6.45) is 9.56. The SMILES string of the molecule is CCCCCC1CCCC2(Cc3ccc(Cl)cc3O2)O1. The van der Waals surface area contributed by atoms with Gasteiger partial charge in [0.2, 0.25) is 5.79 Å². The second-order valence-electron chi connectivity index (χ2n) is 6.07. The molecule has 0 aliphatic carbocycles. The topological polar surface area (TPSA) is 18.5 Å². The Morgan fingerprint density at radius 1 is 1.35 bits per heavy atom. The summed E-state index contributed by atoms with van der Waals surface area (Å²) in [7, 11) is 0. The minimum atomic E-state index is -0.415. The molecule has 0 radical (unpaired) electrons. The third-order valence-electron chi connectivity index (χ3n) is 4.38. The van der Waals surface area contributed by atoms with Gasteiger partial charge in [0, 0.05) is 23.4 Å². The number of fused-ring (bicyclic) bond motifs is 1. The van der Waals surface area contributed by atoms with Crippen LogP contribution in [0.5, 0.6) is 5.75 Å². The molecule has 3 heteroatoms. The second-order valence-corrected chi connectivity index (χ2v) is 6.51. The number of hydrogen-bond acceptors (Lipinski definition) is 2. The van der Waals surface area contributed by atoms with E-state index < -0.39 is 5.79 Å². The molecule has 0 saturated carbocycles. The molecule has 0 amide bonds. The number of halogens is 1. The van der Waals surface area contributed by atoms with Crippen molar-refractivity contribution in [3.8, 4) is 5.75 Å². The number of hydrogen-bond donors (Lipinski definition) is 0.